The molecule has 21 nitrogen and oxygen atoms in total. The summed E-state index contributed by atoms with van der Waals surface area (Å²) in [5.74, 6) is 4.38. The predicted octanol–water partition coefficient (Wildman–Crippen LogP) is 18.2. The minimum Gasteiger partial charge on any atom is -0.491 e. The van der Waals surface area contributed by atoms with Crippen molar-refractivity contribution in [3.05, 3.63) is 240 Å². The van der Waals surface area contributed by atoms with E-state index in [1.807, 2.05) is 181 Å². The SMILES string of the molecule is CCN1C(=O)COc2ccc(C)cc21.CCn1c(=O)c(C)nc2ccc(C)cc21.Cc1cc2c(cc1F)CCC(C)(C)O2.Cc1ccc2c(c1)C(=O)N1CCCC1CO2.Cc1ccc2c(c1)N(C)CC(=O)O2.Cc1ccc2c(c1)N(C)CC1(CC1)C2.Cc1ccc2c(c1)OCC(=O)N2C.Cc1ccc2c(c1)OCCO2.Cc1ncc(C(F)(F)F)o1. The Hall–Kier alpha value is -11.9. The molecule has 19 rings (SSSR count). The summed E-state index contributed by atoms with van der Waals surface area (Å²) >= 11 is 0. The zero-order valence-corrected chi connectivity index (χ0v) is 71.9. The number of rotatable bonds is 2. The average molecular weight is 1650 g/mol. The first-order valence-corrected chi connectivity index (χ1v) is 40.7. The number of aromatic nitrogens is 3. The fraction of sp³-hybridized carbons (Fsp3) is 0.400. The highest BCUT2D eigenvalue weighted by atomic mass is 19.4. The van der Waals surface area contributed by atoms with Crippen molar-refractivity contribution in [1.29, 1.82) is 0 Å². The summed E-state index contributed by atoms with van der Waals surface area (Å²) in [4.78, 5) is 75.2. The first-order valence-electron chi connectivity index (χ1n) is 40.7. The first-order chi connectivity index (χ1) is 57.0. The van der Waals surface area contributed by atoms with Crippen molar-refractivity contribution in [1.82, 2.24) is 19.4 Å². The predicted molar refractivity (Wildman–Crippen MR) is 459 cm³/mol. The van der Waals surface area contributed by atoms with Crippen molar-refractivity contribution in [3.63, 3.8) is 0 Å². The molecule has 8 aliphatic heterocycles. The molecule has 25 heteroatoms. The summed E-state index contributed by atoms with van der Waals surface area (Å²) in [6.07, 6.45) is 4.44. The van der Waals surface area contributed by atoms with Crippen LogP contribution in [0.1, 0.15) is 143 Å². The zero-order valence-electron chi connectivity index (χ0n) is 71.9. The highest BCUT2D eigenvalue weighted by Crippen LogP contribution is 2.53. The summed E-state index contributed by atoms with van der Waals surface area (Å²) < 4.78 is 92.2. The van der Waals surface area contributed by atoms with Crippen LogP contribution in [0.15, 0.2) is 155 Å². The Labute approximate surface area is 700 Å². The Bertz CT molecular complexity index is 5440. The third kappa shape index (κ3) is 22.5. The largest absolute Gasteiger partial charge is 0.491 e. The van der Waals surface area contributed by atoms with E-state index in [0.717, 1.165) is 128 Å². The quantitative estimate of drug-likeness (QED) is 0.0895. The van der Waals surface area contributed by atoms with Crippen molar-refractivity contribution in [2.75, 3.05) is 100.0 Å². The smallest absolute Gasteiger partial charge is 0.451 e. The molecule has 2 fully saturated rings. The number of alkyl halides is 3. The number of ether oxygens (including phenoxy) is 7. The molecule has 10 aromatic rings. The van der Waals surface area contributed by atoms with Crippen molar-refractivity contribution < 1.29 is 74.3 Å². The third-order valence-corrected chi connectivity index (χ3v) is 21.8. The molecule has 1 aliphatic carbocycles. The van der Waals surface area contributed by atoms with E-state index in [2.05, 4.69) is 65.3 Å². The minimum absolute atomic E-state index is 0.00338. The van der Waals surface area contributed by atoms with E-state index in [1.54, 1.807) is 53.0 Å². The second-order valence-corrected chi connectivity index (χ2v) is 32.4. The lowest BCUT2D eigenvalue weighted by molar-refractivity contribution is -0.153. The van der Waals surface area contributed by atoms with Crippen LogP contribution in [-0.4, -0.2) is 135 Å². The number of fused-ring (bicyclic) bond motifs is 9. The lowest BCUT2D eigenvalue weighted by atomic mass is 9.89. The van der Waals surface area contributed by atoms with Gasteiger partial charge in [0, 0.05) is 59.9 Å². The molecule has 0 radical (unpaired) electrons. The van der Waals surface area contributed by atoms with Crippen LogP contribution in [0.2, 0.25) is 0 Å². The second-order valence-electron chi connectivity index (χ2n) is 32.4. The molecular formula is C95H110F4N8O13. The van der Waals surface area contributed by atoms with Crippen molar-refractivity contribution in [2.45, 2.75) is 166 Å². The van der Waals surface area contributed by atoms with Crippen LogP contribution in [-0.2, 0) is 39.9 Å². The van der Waals surface area contributed by atoms with Gasteiger partial charge in [0.1, 0.15) is 66.5 Å². The normalized spacial score (nSPS) is 16.6. The summed E-state index contributed by atoms with van der Waals surface area (Å²) in [5.41, 5.74) is 19.3. The lowest BCUT2D eigenvalue weighted by Crippen LogP contribution is -2.38. The van der Waals surface area contributed by atoms with Gasteiger partial charge in [0.05, 0.1) is 45.9 Å². The maximum atomic E-state index is 13.2. The van der Waals surface area contributed by atoms with Crippen LogP contribution in [0, 0.1) is 80.5 Å². The second kappa shape index (κ2) is 38.4. The van der Waals surface area contributed by atoms with Crippen LogP contribution in [0.3, 0.4) is 0 Å². The van der Waals surface area contributed by atoms with Crippen LogP contribution < -0.4 is 58.3 Å². The van der Waals surface area contributed by atoms with Gasteiger partial charge in [0.15, 0.2) is 36.4 Å². The van der Waals surface area contributed by atoms with Gasteiger partial charge in [-0.05, 0) is 281 Å². The number of halogens is 4. The number of amides is 3. The number of hydrogen-bond donors (Lipinski definition) is 0. The number of likely N-dealkylation sites (N-methyl/N-ethyl adjacent to an activating group) is 3. The number of oxazole rings is 1. The van der Waals surface area contributed by atoms with Crippen molar-refractivity contribution >= 4 is 57.5 Å². The highest BCUT2D eigenvalue weighted by Gasteiger charge is 2.46. The summed E-state index contributed by atoms with van der Waals surface area (Å²) in [5, 5.41) is 0. The summed E-state index contributed by atoms with van der Waals surface area (Å²) in [6, 6.07) is 45.8. The van der Waals surface area contributed by atoms with E-state index in [4.69, 9.17) is 33.2 Å². The molecule has 0 bridgehead atoms. The fourth-order valence-electron chi connectivity index (χ4n) is 15.0. The number of aryl methyl sites for hydroxylation is 12. The van der Waals surface area contributed by atoms with Crippen molar-refractivity contribution in [2.24, 2.45) is 5.41 Å². The molecule has 120 heavy (non-hydrogen) atoms. The van der Waals surface area contributed by atoms with Gasteiger partial charge in [-0.25, -0.2) is 19.2 Å². The van der Waals surface area contributed by atoms with Crippen LogP contribution in [0.4, 0.5) is 40.3 Å². The summed E-state index contributed by atoms with van der Waals surface area (Å²) in [6.45, 7) is 33.3. The zero-order chi connectivity index (χ0) is 86.7. The fourth-order valence-corrected chi connectivity index (χ4v) is 15.0. The topological polar surface area (TPSA) is 210 Å². The van der Waals surface area contributed by atoms with E-state index in [1.165, 1.54) is 55.1 Å². The molecule has 8 aromatic carbocycles. The number of carbonyl (C=O) groups excluding carboxylic acids is 4. The minimum atomic E-state index is -4.42. The molecule has 10 heterocycles. The molecule has 636 valence electrons. The van der Waals surface area contributed by atoms with Crippen molar-refractivity contribution in [3.8, 4) is 40.2 Å². The van der Waals surface area contributed by atoms with Crippen LogP contribution >= 0.6 is 0 Å². The highest BCUT2D eigenvalue weighted by molar-refractivity contribution is 5.99. The molecule has 1 unspecified atom stereocenters. The molecular weight excluding hydrogens is 1540 g/mol. The standard InChI is InChI=1S/C13H15NO2.C13H17N.C12H15FO.C12H14N2O.C11H13NO2.2C10H11NO2.C9H10O2.C5H4F3NO/c1-9-4-5-12-11(7-9)13(15)14-6-2-3-10(14)8-16-12;1-10-3-4-11-8-13(5-6-13)9-14(2)12(11)7-10;1-8-6-11-9(7-10(8)13)4-5-12(2,3)14-11;1-4-14-11-7-8(2)5-6-10(11)13-9(3)12(14)15;1-3-12-9-6-8(2)4-5-10(9)14-7-11(12)13;1-7-3-4-9-8(5-7)11(2)6-10(12)13-9;1-7-3-4-8-9(5-7)13-6-10(12)11(8)2;1-7-2-3-8-9(6-7)11-5-4-10-8;1-3-9-2-4(10-3)5(6,7)8/h4-5,7,10H,2-3,6,8H2,1H3;3-4,7H,5-6,8-9H2,1-2H3;6-7H,4-5H2,1-3H3;5-7H,4H2,1-3H3;4-6H,3,7H2,1-2H3;2*3-5H,6H2,1-2H3;2-3,6H,4-5H2,1H3;2H,1H3. The Morgan fingerprint density at radius 3 is 1.80 bits per heavy atom. The van der Waals surface area contributed by atoms with Gasteiger partial charge in [-0.2, -0.15) is 13.2 Å². The molecule has 1 atom stereocenters. The van der Waals surface area contributed by atoms with Gasteiger partial charge in [-0.3, -0.25) is 19.2 Å². The van der Waals surface area contributed by atoms with E-state index in [9.17, 15) is 41.5 Å². The number of carbonyl (C=O) groups is 4. The lowest BCUT2D eigenvalue weighted by Gasteiger charge is -2.34. The monoisotopic (exact) mass is 1650 g/mol. The van der Waals surface area contributed by atoms with Crippen LogP contribution in [0.25, 0.3) is 11.0 Å². The van der Waals surface area contributed by atoms with E-state index >= 15 is 0 Å². The van der Waals surface area contributed by atoms with Crippen LogP contribution in [0.5, 0.6) is 40.2 Å². The van der Waals surface area contributed by atoms with Gasteiger partial charge < -0.3 is 66.6 Å². The molecule has 1 spiro atoms. The number of esters is 1. The van der Waals surface area contributed by atoms with Gasteiger partial charge in [0.25, 0.3) is 23.3 Å². The van der Waals surface area contributed by atoms with Gasteiger partial charge in [-0.1, -0.05) is 54.1 Å². The van der Waals surface area contributed by atoms with E-state index in [0.29, 0.717) is 68.1 Å². The molecule has 0 N–H and O–H groups in total. The van der Waals surface area contributed by atoms with E-state index < -0.39 is 11.9 Å². The number of benzene rings is 8. The Balaban J connectivity index is 0.000000132. The Morgan fingerprint density at radius 2 is 1.14 bits per heavy atom. The average Bonchev–Trinajstić information content (AvgIpc) is 1.61. The molecule has 9 aliphatic rings. The van der Waals surface area contributed by atoms with Gasteiger partial charge in [-0.15, -0.1) is 0 Å². The van der Waals surface area contributed by atoms with Gasteiger partial charge in [0.2, 0.25) is 5.76 Å². The maximum absolute atomic E-state index is 13.2. The summed E-state index contributed by atoms with van der Waals surface area (Å²) in [7, 11) is 5.88. The molecule has 1 saturated carbocycles. The first kappa shape index (κ1) is 88.9. The van der Waals surface area contributed by atoms with E-state index in [-0.39, 0.29) is 65.8 Å². The third-order valence-electron chi connectivity index (χ3n) is 21.8. The Morgan fingerprint density at radius 1 is 0.550 bits per heavy atom. The number of anilines is 4. The maximum Gasteiger partial charge on any atom is 0.451 e. The molecule has 3 amide bonds. The van der Waals surface area contributed by atoms with Gasteiger partial charge >= 0.3 is 12.1 Å². The number of hydrogen-bond acceptors (Lipinski definition) is 17. The Kier molecular flexibility index (Phi) is 28.5. The number of nitrogens with zero attached hydrogens (tertiary/aromatic N) is 8. The molecule has 1 saturated heterocycles. The molecule has 2 aromatic heterocycles.